The first-order valence-electron chi connectivity index (χ1n) is 10.5. The standard InChI is InChI=1S/C25H21N3O5S/c1-31-19-9-5-16(6-10-19)25(17-7-11-20(32-2)12-8-17)23(29)28(24(30)27-25)14-18-15-33-22(26-18)21-4-3-13-34-21/h3-13,15H,14H2,1-2H3,(H,27,30). The average molecular weight is 476 g/mol. The van der Waals surface area contributed by atoms with E-state index in [9.17, 15) is 9.59 Å². The van der Waals surface area contributed by atoms with Gasteiger partial charge in [-0.2, -0.15) is 0 Å². The SMILES string of the molecule is COc1ccc(C2(c3ccc(OC)cc3)NC(=O)N(Cc3coc(-c4cccs4)n3)C2=O)cc1. The van der Waals surface area contributed by atoms with Crippen LogP contribution in [0.15, 0.2) is 76.7 Å². The molecule has 1 N–H and O–H groups in total. The molecule has 172 valence electrons. The normalized spacial score (nSPS) is 14.8. The topological polar surface area (TPSA) is 93.9 Å². The lowest BCUT2D eigenvalue weighted by atomic mass is 9.82. The summed E-state index contributed by atoms with van der Waals surface area (Å²) in [7, 11) is 3.14. The smallest absolute Gasteiger partial charge is 0.325 e. The number of nitrogens with zero attached hydrogens (tertiary/aromatic N) is 2. The lowest BCUT2D eigenvalue weighted by molar-refractivity contribution is -0.130. The van der Waals surface area contributed by atoms with E-state index in [1.54, 1.807) is 62.8 Å². The minimum atomic E-state index is -1.41. The molecule has 8 nitrogen and oxygen atoms in total. The first-order chi connectivity index (χ1) is 16.5. The molecule has 5 rings (SSSR count). The largest absolute Gasteiger partial charge is 0.497 e. The third-order valence-electron chi connectivity index (χ3n) is 5.76. The number of carbonyl (C=O) groups excluding carboxylic acids is 2. The Hall–Kier alpha value is -4.11. The number of hydrogen-bond donors (Lipinski definition) is 1. The number of imide groups is 1. The van der Waals surface area contributed by atoms with Crippen molar-refractivity contribution in [2.24, 2.45) is 0 Å². The lowest BCUT2D eigenvalue weighted by Crippen LogP contribution is -2.45. The summed E-state index contributed by atoms with van der Waals surface area (Å²) in [6.45, 7) is -0.0202. The van der Waals surface area contributed by atoms with Crippen LogP contribution < -0.4 is 14.8 Å². The van der Waals surface area contributed by atoms with Crippen molar-refractivity contribution in [2.75, 3.05) is 14.2 Å². The summed E-state index contributed by atoms with van der Waals surface area (Å²) in [5.74, 6) is 1.33. The number of rotatable bonds is 7. The van der Waals surface area contributed by atoms with Gasteiger partial charge in [0.2, 0.25) is 5.89 Å². The Morgan fingerprint density at radius 3 is 2.12 bits per heavy atom. The summed E-state index contributed by atoms with van der Waals surface area (Å²) in [6, 6.07) is 17.4. The van der Waals surface area contributed by atoms with Gasteiger partial charge in [0.1, 0.15) is 17.8 Å². The Balaban J connectivity index is 1.52. The molecule has 0 unspecified atom stereocenters. The molecule has 0 aliphatic carbocycles. The van der Waals surface area contributed by atoms with Gasteiger partial charge in [0.05, 0.1) is 31.3 Å². The maximum absolute atomic E-state index is 13.9. The van der Waals surface area contributed by atoms with Crippen LogP contribution in [0.4, 0.5) is 4.79 Å². The van der Waals surface area contributed by atoms with Crippen LogP contribution >= 0.6 is 11.3 Å². The van der Waals surface area contributed by atoms with Crippen LogP contribution in [-0.2, 0) is 16.9 Å². The number of thiophene rings is 1. The second-order valence-corrected chi connectivity index (χ2v) is 8.60. The van der Waals surface area contributed by atoms with Gasteiger partial charge in [-0.3, -0.25) is 9.69 Å². The van der Waals surface area contributed by atoms with E-state index in [4.69, 9.17) is 13.9 Å². The van der Waals surface area contributed by atoms with Crippen molar-refractivity contribution in [1.82, 2.24) is 15.2 Å². The summed E-state index contributed by atoms with van der Waals surface area (Å²) >= 11 is 1.50. The van der Waals surface area contributed by atoms with Crippen molar-refractivity contribution >= 4 is 23.3 Å². The van der Waals surface area contributed by atoms with Crippen molar-refractivity contribution in [3.05, 3.63) is 89.1 Å². The van der Waals surface area contributed by atoms with Crippen LogP contribution in [-0.4, -0.2) is 36.0 Å². The van der Waals surface area contributed by atoms with Crippen LogP contribution in [0, 0.1) is 0 Å². The number of ether oxygens (including phenoxy) is 2. The quantitative estimate of drug-likeness (QED) is 0.398. The Labute approximate surface area is 199 Å². The zero-order valence-electron chi connectivity index (χ0n) is 18.5. The van der Waals surface area contributed by atoms with E-state index in [-0.39, 0.29) is 6.54 Å². The second kappa shape index (κ2) is 8.68. The first-order valence-corrected chi connectivity index (χ1v) is 11.3. The maximum Gasteiger partial charge on any atom is 0.325 e. The molecule has 0 saturated carbocycles. The van der Waals surface area contributed by atoms with Gasteiger partial charge < -0.3 is 19.2 Å². The Morgan fingerprint density at radius 1 is 0.971 bits per heavy atom. The van der Waals surface area contributed by atoms with Crippen molar-refractivity contribution < 1.29 is 23.5 Å². The van der Waals surface area contributed by atoms with Gasteiger partial charge in [-0.15, -0.1) is 11.3 Å². The second-order valence-electron chi connectivity index (χ2n) is 7.65. The molecule has 1 aliphatic heterocycles. The summed E-state index contributed by atoms with van der Waals surface area (Å²) in [5, 5.41) is 4.85. The molecule has 2 aromatic carbocycles. The summed E-state index contributed by atoms with van der Waals surface area (Å²) in [5.41, 5.74) is 0.292. The first kappa shape index (κ1) is 21.7. The molecule has 34 heavy (non-hydrogen) atoms. The summed E-state index contributed by atoms with van der Waals surface area (Å²) in [4.78, 5) is 33.5. The minimum absolute atomic E-state index is 0.0202. The summed E-state index contributed by atoms with van der Waals surface area (Å²) < 4.78 is 16.1. The van der Waals surface area contributed by atoms with E-state index < -0.39 is 17.5 Å². The van der Waals surface area contributed by atoms with Gasteiger partial charge >= 0.3 is 6.03 Å². The van der Waals surface area contributed by atoms with E-state index in [1.807, 2.05) is 17.5 Å². The van der Waals surface area contributed by atoms with Crippen LogP contribution in [0.3, 0.4) is 0 Å². The van der Waals surface area contributed by atoms with Crippen LogP contribution in [0.2, 0.25) is 0 Å². The molecule has 3 amide bonds. The fourth-order valence-corrected chi connectivity index (χ4v) is 4.67. The predicted octanol–water partition coefficient (Wildman–Crippen LogP) is 4.42. The number of oxazole rings is 1. The predicted molar refractivity (Wildman–Crippen MR) is 126 cm³/mol. The maximum atomic E-state index is 13.9. The van der Waals surface area contributed by atoms with Crippen LogP contribution in [0.25, 0.3) is 10.8 Å². The number of aromatic nitrogens is 1. The lowest BCUT2D eigenvalue weighted by Gasteiger charge is -2.28. The van der Waals surface area contributed by atoms with E-state index in [1.165, 1.54) is 17.6 Å². The van der Waals surface area contributed by atoms with Gasteiger partial charge in [0.15, 0.2) is 5.54 Å². The zero-order chi connectivity index (χ0) is 23.7. The third-order valence-corrected chi connectivity index (χ3v) is 6.61. The van der Waals surface area contributed by atoms with E-state index in [0.717, 1.165) is 9.78 Å². The molecule has 3 heterocycles. The number of benzene rings is 2. The fourth-order valence-electron chi connectivity index (χ4n) is 4.01. The summed E-state index contributed by atoms with van der Waals surface area (Å²) in [6.07, 6.45) is 1.47. The van der Waals surface area contributed by atoms with Crippen molar-refractivity contribution in [1.29, 1.82) is 0 Å². The average Bonchev–Trinajstić information content (AvgIpc) is 3.62. The number of hydrogen-bond acceptors (Lipinski definition) is 7. The molecule has 0 radical (unpaired) electrons. The molecule has 4 aromatic rings. The van der Waals surface area contributed by atoms with Crippen molar-refractivity contribution in [3.63, 3.8) is 0 Å². The van der Waals surface area contributed by atoms with E-state index >= 15 is 0 Å². The molecule has 0 spiro atoms. The van der Waals surface area contributed by atoms with E-state index in [2.05, 4.69) is 10.3 Å². The van der Waals surface area contributed by atoms with Crippen LogP contribution in [0.1, 0.15) is 16.8 Å². The third kappa shape index (κ3) is 3.60. The number of amides is 3. The van der Waals surface area contributed by atoms with E-state index in [0.29, 0.717) is 34.2 Å². The van der Waals surface area contributed by atoms with Gasteiger partial charge in [-0.1, -0.05) is 30.3 Å². The number of methoxy groups -OCH3 is 2. The Morgan fingerprint density at radius 2 is 1.59 bits per heavy atom. The molecule has 1 saturated heterocycles. The number of carbonyl (C=O) groups is 2. The molecule has 1 aliphatic rings. The molecule has 9 heteroatoms. The number of nitrogens with one attached hydrogen (secondary N) is 1. The molecule has 0 atom stereocenters. The monoisotopic (exact) mass is 475 g/mol. The fraction of sp³-hybridized carbons (Fsp3) is 0.160. The minimum Gasteiger partial charge on any atom is -0.497 e. The van der Waals surface area contributed by atoms with Crippen molar-refractivity contribution in [3.8, 4) is 22.3 Å². The highest BCUT2D eigenvalue weighted by Gasteiger charge is 2.53. The highest BCUT2D eigenvalue weighted by Crippen LogP contribution is 2.38. The van der Waals surface area contributed by atoms with Crippen LogP contribution in [0.5, 0.6) is 11.5 Å². The number of urea groups is 1. The van der Waals surface area contributed by atoms with Gasteiger partial charge in [-0.25, -0.2) is 9.78 Å². The van der Waals surface area contributed by atoms with Gasteiger partial charge in [0, 0.05) is 0 Å². The molecular weight excluding hydrogens is 454 g/mol. The highest BCUT2D eigenvalue weighted by atomic mass is 32.1. The molecule has 2 aromatic heterocycles. The molecule has 0 bridgehead atoms. The highest BCUT2D eigenvalue weighted by molar-refractivity contribution is 7.13. The Kier molecular flexibility index (Phi) is 5.54. The van der Waals surface area contributed by atoms with Gasteiger partial charge in [-0.05, 0) is 46.8 Å². The zero-order valence-corrected chi connectivity index (χ0v) is 19.3. The van der Waals surface area contributed by atoms with Crippen molar-refractivity contribution in [2.45, 2.75) is 12.1 Å². The molecule has 1 fully saturated rings. The molecular formula is C25H21N3O5S. The van der Waals surface area contributed by atoms with Gasteiger partial charge in [0.25, 0.3) is 5.91 Å². The Bertz CT molecular complexity index is 1270.